The first-order valence-corrected chi connectivity index (χ1v) is 13.9. The lowest BCUT2D eigenvalue weighted by molar-refractivity contribution is -0.137. The smallest absolute Gasteiger partial charge is 0.416 e. The first kappa shape index (κ1) is 27.3. The van der Waals surface area contributed by atoms with Crippen molar-refractivity contribution in [3.63, 3.8) is 0 Å². The molecule has 2 fully saturated rings. The van der Waals surface area contributed by atoms with Crippen LogP contribution in [-0.2, 0) is 19.3 Å². The number of para-hydroxylation sites is 1. The number of halogens is 3. The van der Waals surface area contributed by atoms with Crippen molar-refractivity contribution in [1.29, 1.82) is 0 Å². The van der Waals surface area contributed by atoms with Gasteiger partial charge < -0.3 is 14.2 Å². The molecular weight excluding hydrogens is 503 g/mol. The fraction of sp³-hybridized carbons (Fsp3) is 0.452. The third-order valence-corrected chi connectivity index (χ3v) is 7.99. The molecule has 2 aliphatic rings. The van der Waals surface area contributed by atoms with Gasteiger partial charge >= 0.3 is 6.18 Å². The Hall–Kier alpha value is -3.26. The molecule has 2 aromatic carbocycles. The highest BCUT2D eigenvalue weighted by Crippen LogP contribution is 2.31. The first-order valence-electron chi connectivity index (χ1n) is 13.9. The SMILES string of the molecule is Cc1ccccc1N1CCN(C(=O)c2ccc(CN(Cc3cccc(C(F)(F)F)c3)C3CCCCC3)o2)CC1. The van der Waals surface area contributed by atoms with Crippen LogP contribution in [0.1, 0.15) is 65.1 Å². The molecule has 2 heterocycles. The minimum Gasteiger partial charge on any atom is -0.455 e. The van der Waals surface area contributed by atoms with E-state index in [9.17, 15) is 18.0 Å². The average Bonchev–Trinajstić information content (AvgIpc) is 3.41. The topological polar surface area (TPSA) is 39.9 Å². The molecule has 0 atom stereocenters. The summed E-state index contributed by atoms with van der Waals surface area (Å²) in [5.41, 5.74) is 2.43. The third-order valence-electron chi connectivity index (χ3n) is 7.99. The highest BCUT2D eigenvalue weighted by atomic mass is 19.4. The molecule has 0 unspecified atom stereocenters. The summed E-state index contributed by atoms with van der Waals surface area (Å²) in [6, 6.07) is 17.7. The fourth-order valence-electron chi connectivity index (χ4n) is 5.84. The second-order valence-corrected chi connectivity index (χ2v) is 10.7. The van der Waals surface area contributed by atoms with Crippen molar-refractivity contribution >= 4 is 11.6 Å². The molecule has 3 aromatic rings. The summed E-state index contributed by atoms with van der Waals surface area (Å²) in [7, 11) is 0. The molecule has 208 valence electrons. The van der Waals surface area contributed by atoms with Crippen LogP contribution in [0.15, 0.2) is 65.1 Å². The van der Waals surface area contributed by atoms with Crippen LogP contribution in [0.5, 0.6) is 0 Å². The quantitative estimate of drug-likeness (QED) is 0.327. The van der Waals surface area contributed by atoms with Crippen LogP contribution in [0, 0.1) is 6.92 Å². The van der Waals surface area contributed by atoms with E-state index < -0.39 is 11.7 Å². The molecule has 0 spiro atoms. The molecule has 1 amide bonds. The Labute approximate surface area is 228 Å². The van der Waals surface area contributed by atoms with Crippen LogP contribution < -0.4 is 4.90 Å². The van der Waals surface area contributed by atoms with Gasteiger partial charge in [-0.3, -0.25) is 9.69 Å². The lowest BCUT2D eigenvalue weighted by Crippen LogP contribution is -2.48. The van der Waals surface area contributed by atoms with Crippen molar-refractivity contribution in [2.75, 3.05) is 31.1 Å². The molecule has 5 nitrogen and oxygen atoms in total. The predicted octanol–water partition coefficient (Wildman–Crippen LogP) is 6.90. The lowest BCUT2D eigenvalue weighted by Gasteiger charge is -2.36. The molecule has 5 rings (SSSR count). The highest BCUT2D eigenvalue weighted by Gasteiger charge is 2.31. The van der Waals surface area contributed by atoms with E-state index in [1.807, 2.05) is 23.1 Å². The summed E-state index contributed by atoms with van der Waals surface area (Å²) < 4.78 is 45.9. The summed E-state index contributed by atoms with van der Waals surface area (Å²) in [5.74, 6) is 0.860. The van der Waals surface area contributed by atoms with Gasteiger partial charge in [-0.25, -0.2) is 0 Å². The Morgan fingerprint density at radius 2 is 1.67 bits per heavy atom. The molecule has 1 aromatic heterocycles. The number of alkyl halides is 3. The number of carbonyl (C=O) groups excluding carboxylic acids is 1. The largest absolute Gasteiger partial charge is 0.455 e. The van der Waals surface area contributed by atoms with Crippen molar-refractivity contribution < 1.29 is 22.4 Å². The number of hydrogen-bond acceptors (Lipinski definition) is 4. The van der Waals surface area contributed by atoms with Crippen molar-refractivity contribution in [2.45, 2.75) is 64.3 Å². The Balaban J connectivity index is 1.25. The van der Waals surface area contributed by atoms with Gasteiger partial charge in [-0.05, 0) is 55.2 Å². The normalized spacial score (nSPS) is 17.2. The van der Waals surface area contributed by atoms with E-state index >= 15 is 0 Å². The van der Waals surface area contributed by atoms with Gasteiger partial charge in [0.2, 0.25) is 0 Å². The van der Waals surface area contributed by atoms with Gasteiger partial charge in [0.15, 0.2) is 5.76 Å². The summed E-state index contributed by atoms with van der Waals surface area (Å²) in [6.07, 6.45) is 1.06. The molecule has 0 radical (unpaired) electrons. The van der Waals surface area contributed by atoms with Gasteiger partial charge in [-0.2, -0.15) is 13.2 Å². The zero-order valence-corrected chi connectivity index (χ0v) is 22.4. The van der Waals surface area contributed by atoms with Crippen LogP contribution in [-0.4, -0.2) is 47.9 Å². The second-order valence-electron chi connectivity index (χ2n) is 10.7. The van der Waals surface area contributed by atoms with E-state index in [-0.39, 0.29) is 11.9 Å². The minimum absolute atomic E-state index is 0.118. The van der Waals surface area contributed by atoms with Crippen molar-refractivity contribution in [1.82, 2.24) is 9.80 Å². The number of aryl methyl sites for hydroxylation is 1. The molecule has 1 saturated heterocycles. The maximum atomic E-state index is 13.3. The number of piperazine rings is 1. The number of benzene rings is 2. The number of rotatable bonds is 7. The summed E-state index contributed by atoms with van der Waals surface area (Å²) in [4.78, 5) is 19.6. The van der Waals surface area contributed by atoms with E-state index in [4.69, 9.17) is 4.42 Å². The van der Waals surface area contributed by atoms with Gasteiger partial charge in [0.05, 0.1) is 12.1 Å². The summed E-state index contributed by atoms with van der Waals surface area (Å²) >= 11 is 0. The molecule has 8 heteroatoms. The first-order chi connectivity index (χ1) is 18.8. The van der Waals surface area contributed by atoms with E-state index in [1.54, 1.807) is 12.1 Å². The zero-order chi connectivity index (χ0) is 27.4. The van der Waals surface area contributed by atoms with Gasteiger partial charge in [0.25, 0.3) is 5.91 Å². The molecule has 0 bridgehead atoms. The van der Waals surface area contributed by atoms with Gasteiger partial charge in [-0.1, -0.05) is 55.7 Å². The molecule has 1 aliphatic carbocycles. The lowest BCUT2D eigenvalue weighted by atomic mass is 9.93. The zero-order valence-electron chi connectivity index (χ0n) is 22.4. The molecule has 1 aliphatic heterocycles. The number of carbonyl (C=O) groups is 1. The van der Waals surface area contributed by atoms with E-state index in [0.717, 1.165) is 44.8 Å². The maximum Gasteiger partial charge on any atom is 0.416 e. The monoisotopic (exact) mass is 539 g/mol. The maximum absolute atomic E-state index is 13.3. The van der Waals surface area contributed by atoms with Crippen LogP contribution in [0.4, 0.5) is 18.9 Å². The number of hydrogen-bond donors (Lipinski definition) is 0. The highest BCUT2D eigenvalue weighted by molar-refractivity contribution is 5.91. The predicted molar refractivity (Wildman–Crippen MR) is 146 cm³/mol. The number of furan rings is 1. The van der Waals surface area contributed by atoms with Crippen LogP contribution >= 0.6 is 0 Å². The van der Waals surface area contributed by atoms with Crippen molar-refractivity contribution in [2.24, 2.45) is 0 Å². The van der Waals surface area contributed by atoms with E-state index in [2.05, 4.69) is 28.9 Å². The Morgan fingerprint density at radius 1 is 0.923 bits per heavy atom. The molecule has 1 saturated carbocycles. The number of nitrogens with zero attached hydrogens (tertiary/aromatic N) is 3. The standard InChI is InChI=1S/C31H36F3N3O2/c1-23-8-5-6-13-28(23)35-16-18-36(19-17-35)30(38)29-15-14-27(39-29)22-37(26-11-3-2-4-12-26)21-24-9-7-10-25(20-24)31(32,33)34/h5-10,13-15,20,26H,2-4,11-12,16-19,21-22H2,1H3. The molecular formula is C31H36F3N3O2. The van der Waals surface area contributed by atoms with Crippen LogP contribution in [0.25, 0.3) is 0 Å². The Bertz CT molecular complexity index is 1260. The van der Waals surface area contributed by atoms with Crippen LogP contribution in [0.3, 0.4) is 0 Å². The fourth-order valence-corrected chi connectivity index (χ4v) is 5.84. The average molecular weight is 540 g/mol. The van der Waals surface area contributed by atoms with E-state index in [0.29, 0.717) is 43.3 Å². The number of amides is 1. The third kappa shape index (κ3) is 6.67. The van der Waals surface area contributed by atoms with Crippen molar-refractivity contribution in [3.05, 3.63) is 88.9 Å². The van der Waals surface area contributed by atoms with Crippen LogP contribution in [0.2, 0.25) is 0 Å². The van der Waals surface area contributed by atoms with E-state index in [1.165, 1.54) is 29.8 Å². The van der Waals surface area contributed by atoms with Crippen molar-refractivity contribution in [3.8, 4) is 0 Å². The summed E-state index contributed by atoms with van der Waals surface area (Å²) in [6.45, 7) is 5.71. The van der Waals surface area contributed by atoms with Gasteiger partial charge in [0.1, 0.15) is 5.76 Å². The Kier molecular flexibility index (Phi) is 8.31. The second kappa shape index (κ2) is 11.9. The van der Waals surface area contributed by atoms with Gasteiger partial charge in [-0.15, -0.1) is 0 Å². The Morgan fingerprint density at radius 3 is 2.38 bits per heavy atom. The van der Waals surface area contributed by atoms with Gasteiger partial charge in [0, 0.05) is 44.5 Å². The number of anilines is 1. The summed E-state index contributed by atoms with van der Waals surface area (Å²) in [5, 5.41) is 0. The molecule has 39 heavy (non-hydrogen) atoms. The molecule has 0 N–H and O–H groups in total. The minimum atomic E-state index is -4.37.